The first-order valence-electron chi connectivity index (χ1n) is 33.2. The van der Waals surface area contributed by atoms with E-state index in [2.05, 4.69) is 291 Å². The van der Waals surface area contributed by atoms with Gasteiger partial charge in [0, 0.05) is 78.3 Å². The van der Waals surface area contributed by atoms with Crippen molar-refractivity contribution in [1.82, 2.24) is 5.32 Å². The number of hydrogen-bond donors (Lipinski definition) is 2. The lowest BCUT2D eigenvalue weighted by Crippen LogP contribution is -2.34. The molecule has 13 aromatic carbocycles. The first kappa shape index (κ1) is 56.7. The highest BCUT2D eigenvalue weighted by Gasteiger charge is 2.41. The molecule has 0 saturated carbocycles. The minimum atomic E-state index is -0.585. The number of carbonyl (C=O) groups excluding carboxylic acids is 2. The van der Waals surface area contributed by atoms with E-state index in [0.717, 1.165) is 84.7 Å². The molecule has 13 aromatic rings. The average Bonchev–Trinajstić information content (AvgIpc) is 1.65. The summed E-state index contributed by atoms with van der Waals surface area (Å²) >= 11 is 0. The Hall–Kier alpha value is -10.3. The summed E-state index contributed by atoms with van der Waals surface area (Å²) in [5.74, 6) is -0.810. The minimum Gasteiger partial charge on any atom is -0.366 e. The zero-order valence-electron chi connectivity index (χ0n) is 54.6. The number of nitrogens with one attached hydrogen (secondary N) is 1. The van der Waals surface area contributed by atoms with Gasteiger partial charge in [-0.15, -0.1) is 0 Å². The van der Waals surface area contributed by atoms with Gasteiger partial charge in [-0.2, -0.15) is 0 Å². The Morgan fingerprint density at radius 2 is 0.667 bits per heavy atom. The topological polar surface area (TPSA) is 78.7 Å². The smallest absolute Gasteiger partial charge is 0.252 e. The molecule has 454 valence electrons. The van der Waals surface area contributed by atoms with Crippen LogP contribution in [0, 0.1) is 0 Å². The van der Waals surface area contributed by atoms with Crippen LogP contribution in [0.2, 0.25) is 0 Å². The summed E-state index contributed by atoms with van der Waals surface area (Å²) in [4.78, 5) is 34.0. The second-order valence-corrected chi connectivity index (χ2v) is 28.8. The molecule has 0 bridgehead atoms. The van der Waals surface area contributed by atoms with Gasteiger partial charge < -0.3 is 20.9 Å². The second-order valence-electron chi connectivity index (χ2n) is 28.8. The van der Waals surface area contributed by atoms with Crippen LogP contribution in [0.3, 0.4) is 0 Å². The van der Waals surface area contributed by atoms with Gasteiger partial charge in [-0.3, -0.25) is 9.59 Å². The number of primary amides is 1. The van der Waals surface area contributed by atoms with E-state index in [1.165, 1.54) is 89.0 Å². The van der Waals surface area contributed by atoms with E-state index in [-0.39, 0.29) is 33.6 Å². The molecule has 6 heteroatoms. The lowest BCUT2D eigenvalue weighted by molar-refractivity contribution is 0.0936. The number of nitrogens with zero attached hydrogens (tertiary/aromatic N) is 2. The fraction of sp³-hybridized carbons (Fsp3) is 0.195. The van der Waals surface area contributed by atoms with Gasteiger partial charge in [-0.1, -0.05) is 203 Å². The Bertz CT molecular complexity index is 4940. The molecule has 0 heterocycles. The lowest BCUT2D eigenvalue weighted by atomic mass is 9.82. The van der Waals surface area contributed by atoms with Crippen molar-refractivity contribution in [3.8, 4) is 44.5 Å². The van der Waals surface area contributed by atoms with Crippen molar-refractivity contribution < 1.29 is 9.59 Å². The van der Waals surface area contributed by atoms with Gasteiger partial charge in [-0.05, 0) is 224 Å². The van der Waals surface area contributed by atoms with E-state index in [0.29, 0.717) is 16.5 Å². The highest BCUT2D eigenvalue weighted by molar-refractivity contribution is 6.37. The molecule has 0 spiro atoms. The first-order valence-corrected chi connectivity index (χ1v) is 33.2. The maximum atomic E-state index is 15.0. The van der Waals surface area contributed by atoms with Gasteiger partial charge in [0.2, 0.25) is 5.91 Å². The maximum Gasteiger partial charge on any atom is 0.252 e. The molecule has 3 N–H and O–H groups in total. The summed E-state index contributed by atoms with van der Waals surface area (Å²) in [7, 11) is 0. The third kappa shape index (κ3) is 7.94. The highest BCUT2D eigenvalue weighted by atomic mass is 16.2. The van der Waals surface area contributed by atoms with Crippen LogP contribution in [0.4, 0.5) is 34.1 Å². The third-order valence-corrected chi connectivity index (χ3v) is 22.4. The first-order chi connectivity index (χ1) is 44.8. The lowest BCUT2D eigenvalue weighted by Gasteiger charge is -2.32. The van der Waals surface area contributed by atoms with E-state index in [4.69, 9.17) is 5.73 Å². The van der Waals surface area contributed by atoms with Gasteiger partial charge in [0.15, 0.2) is 0 Å². The van der Waals surface area contributed by atoms with Crippen LogP contribution >= 0.6 is 0 Å². The SMILES string of the molecule is CCC(CC)NC(=O)c1ccc2c3cc(N(c4ccc5c(c4)C(C)(C)c4ccccc4-5)c4ccc5c(c4)C(C)(C)c4ccccc4-5)cc4cc(N(c5ccc6c(c5)C(C)(C)c5ccccc5-6)c5ccc6c(c5)C(C)(C)c5ccccc5-6)cc(c5ccc(C(N)=O)c1c52)c43. The van der Waals surface area contributed by atoms with Crippen molar-refractivity contribution in [1.29, 1.82) is 0 Å². The van der Waals surface area contributed by atoms with Crippen LogP contribution in [0.15, 0.2) is 218 Å². The summed E-state index contributed by atoms with van der Waals surface area (Å²) in [5, 5.41) is 10.7. The van der Waals surface area contributed by atoms with E-state index >= 15 is 0 Å². The van der Waals surface area contributed by atoms with Crippen molar-refractivity contribution in [3.05, 3.63) is 274 Å². The van der Waals surface area contributed by atoms with Crippen molar-refractivity contribution in [3.63, 3.8) is 0 Å². The number of carbonyl (C=O) groups is 2. The van der Waals surface area contributed by atoms with Gasteiger partial charge in [0.05, 0.1) is 0 Å². The van der Waals surface area contributed by atoms with Crippen LogP contribution in [0.5, 0.6) is 0 Å². The Morgan fingerprint density at radius 1 is 0.344 bits per heavy atom. The van der Waals surface area contributed by atoms with Gasteiger partial charge in [0.1, 0.15) is 0 Å². The van der Waals surface area contributed by atoms with Crippen LogP contribution in [-0.2, 0) is 21.7 Å². The fourth-order valence-corrected chi connectivity index (χ4v) is 17.5. The molecule has 4 aliphatic rings. The molecule has 0 fully saturated rings. The molecule has 17 rings (SSSR count). The normalized spacial score (nSPS) is 15.2. The molecule has 0 aromatic heterocycles. The Balaban J connectivity index is 0.984. The number of amides is 2. The van der Waals surface area contributed by atoms with Crippen LogP contribution in [0.1, 0.15) is 147 Å². The number of anilines is 6. The predicted molar refractivity (Wildman–Crippen MR) is 388 cm³/mol. The Kier molecular flexibility index (Phi) is 12.1. The van der Waals surface area contributed by atoms with Gasteiger partial charge in [-0.25, -0.2) is 0 Å². The number of rotatable bonds is 11. The number of hydrogen-bond acceptors (Lipinski definition) is 4. The Morgan fingerprint density at radius 3 is 1.00 bits per heavy atom. The summed E-state index contributed by atoms with van der Waals surface area (Å²) in [6, 6.07) is 81.2. The molecule has 93 heavy (non-hydrogen) atoms. The number of benzene rings is 13. The summed E-state index contributed by atoms with van der Waals surface area (Å²) in [6.07, 6.45) is 1.54. The van der Waals surface area contributed by atoms with E-state index in [1.54, 1.807) is 0 Å². The predicted octanol–water partition coefficient (Wildman–Crippen LogP) is 21.9. The molecular formula is C87H74N4O2. The van der Waals surface area contributed by atoms with Gasteiger partial charge in [0.25, 0.3) is 5.91 Å². The third-order valence-electron chi connectivity index (χ3n) is 22.4. The van der Waals surface area contributed by atoms with Crippen LogP contribution in [0.25, 0.3) is 87.6 Å². The monoisotopic (exact) mass is 1210 g/mol. The summed E-state index contributed by atoms with van der Waals surface area (Å²) in [5.41, 5.74) is 32.8. The van der Waals surface area contributed by atoms with Crippen molar-refractivity contribution in [2.75, 3.05) is 9.80 Å². The van der Waals surface area contributed by atoms with Gasteiger partial charge >= 0.3 is 0 Å². The second kappa shape index (κ2) is 19.9. The molecular weight excluding hydrogens is 1130 g/mol. The quantitative estimate of drug-likeness (QED) is 0.0999. The molecule has 6 nitrogen and oxygen atoms in total. The zero-order chi connectivity index (χ0) is 63.9. The fourth-order valence-electron chi connectivity index (χ4n) is 17.5. The van der Waals surface area contributed by atoms with Crippen molar-refractivity contribution >= 4 is 89.0 Å². The standard InChI is InChI=1S/C87H74N4O2/c1-11-50(12-2)89-83(93)68-40-38-66-70-44-56(91(53-31-35-63-59-23-15-19-27-73(59)86(7,8)77(63)47-53)54-32-36-64-60-24-16-20-28-74(60)87(9,10)78(64)48-54)42-49-41-55(43-69(79(49)70)65-37-39-67(82(88)92)81(68)80(65)66)90(51-29-33-61-57-21-13-17-25-71(57)84(3,4)75(61)45-51)52-30-34-62-58-22-14-18-26-72(58)85(5,6)76(62)46-52/h13-48,50H,11-12H2,1-10H3,(H2,88,92)(H,89,93). The number of nitrogens with two attached hydrogens (primary N) is 1. The molecule has 0 atom stereocenters. The molecule has 0 radical (unpaired) electrons. The maximum absolute atomic E-state index is 15.0. The molecule has 0 unspecified atom stereocenters. The minimum absolute atomic E-state index is 0.0484. The average molecular weight is 1210 g/mol. The van der Waals surface area contributed by atoms with Crippen LogP contribution < -0.4 is 20.9 Å². The van der Waals surface area contributed by atoms with E-state index in [9.17, 15) is 9.59 Å². The number of fused-ring (bicyclic) bond motifs is 14. The van der Waals surface area contributed by atoms with Crippen molar-refractivity contribution in [2.24, 2.45) is 5.73 Å². The van der Waals surface area contributed by atoms with Crippen LogP contribution in [-0.4, -0.2) is 17.9 Å². The van der Waals surface area contributed by atoms with E-state index in [1.807, 2.05) is 12.1 Å². The highest BCUT2D eigenvalue weighted by Crippen LogP contribution is 2.57. The molecule has 4 aliphatic carbocycles. The summed E-state index contributed by atoms with van der Waals surface area (Å²) in [6.45, 7) is 23.0. The molecule has 0 saturated heterocycles. The van der Waals surface area contributed by atoms with E-state index < -0.39 is 5.91 Å². The summed E-state index contributed by atoms with van der Waals surface area (Å²) < 4.78 is 0. The molecule has 2 amide bonds. The Labute approximate surface area is 544 Å². The molecule has 0 aliphatic heterocycles. The van der Waals surface area contributed by atoms with Crippen molar-refractivity contribution in [2.45, 2.75) is 110 Å². The largest absolute Gasteiger partial charge is 0.366 e. The zero-order valence-corrected chi connectivity index (χ0v) is 54.6.